The Morgan fingerprint density at radius 1 is 1.43 bits per heavy atom. The van der Waals surface area contributed by atoms with Crippen LogP contribution < -0.4 is 10.5 Å². The van der Waals surface area contributed by atoms with Gasteiger partial charge in [0.25, 0.3) is 0 Å². The van der Waals surface area contributed by atoms with Gasteiger partial charge in [-0.3, -0.25) is 4.79 Å². The molecule has 2 aromatic rings. The zero-order chi connectivity index (χ0) is 15.5. The van der Waals surface area contributed by atoms with E-state index < -0.39 is 10.0 Å². The Morgan fingerprint density at radius 2 is 2.19 bits per heavy atom. The second kappa shape index (κ2) is 6.19. The summed E-state index contributed by atoms with van der Waals surface area (Å²) in [6.07, 6.45) is 0.224. The van der Waals surface area contributed by atoms with E-state index in [-0.39, 0.29) is 36.9 Å². The monoisotopic (exact) mass is 314 g/mol. The molecule has 0 bridgehead atoms. The third-order valence-corrected chi connectivity index (χ3v) is 3.64. The summed E-state index contributed by atoms with van der Waals surface area (Å²) in [6.45, 7) is 0.157. The van der Waals surface area contributed by atoms with Gasteiger partial charge in [0, 0.05) is 6.42 Å². The predicted octanol–water partition coefficient (Wildman–Crippen LogP) is 0.387. The van der Waals surface area contributed by atoms with Crippen molar-refractivity contribution in [1.29, 1.82) is 0 Å². The van der Waals surface area contributed by atoms with Gasteiger partial charge in [0.2, 0.25) is 15.9 Å². The topological polar surface area (TPSA) is 118 Å². The number of carbonyl (C=O) groups excluding carboxylic acids is 1. The summed E-state index contributed by atoms with van der Waals surface area (Å²) in [6, 6.07) is 4.16. The van der Waals surface area contributed by atoms with Gasteiger partial charge in [0.15, 0.2) is 0 Å². The number of amides is 1. The van der Waals surface area contributed by atoms with E-state index in [9.17, 15) is 17.6 Å². The lowest BCUT2D eigenvalue weighted by Crippen LogP contribution is -2.24. The summed E-state index contributed by atoms with van der Waals surface area (Å²) in [5.41, 5.74) is 1.16. The van der Waals surface area contributed by atoms with Crippen LogP contribution in [0.15, 0.2) is 18.2 Å². The fourth-order valence-electron chi connectivity index (χ4n) is 1.82. The van der Waals surface area contributed by atoms with Gasteiger partial charge in [0.05, 0.1) is 23.3 Å². The van der Waals surface area contributed by atoms with E-state index in [1.807, 2.05) is 0 Å². The lowest BCUT2D eigenvalue weighted by molar-refractivity contribution is -0.121. The molecule has 0 saturated heterocycles. The molecule has 0 spiro atoms. The Kier molecular flexibility index (Phi) is 4.53. The minimum absolute atomic E-state index is 0.0608. The largest absolute Gasteiger partial charge is 0.349 e. The summed E-state index contributed by atoms with van der Waals surface area (Å²) < 4.78 is 34.5. The number of sulfonamides is 1. The average Bonchev–Trinajstić information content (AvgIpc) is 2.76. The molecule has 1 amide bonds. The first-order chi connectivity index (χ1) is 9.83. The standard InChI is InChI=1S/C12H15FN4O3S/c13-8-3-4-9-10(6-8)17-11(16-9)7-15-12(18)2-1-5-21(14,19)20/h3-4,6H,1-2,5,7H2,(H,15,18)(H,16,17)(H2,14,19,20). The molecule has 0 atom stereocenters. The number of carbonyl (C=O) groups is 1. The highest BCUT2D eigenvalue weighted by molar-refractivity contribution is 7.89. The van der Waals surface area contributed by atoms with E-state index >= 15 is 0 Å². The van der Waals surface area contributed by atoms with E-state index in [2.05, 4.69) is 15.3 Å². The van der Waals surface area contributed by atoms with E-state index in [1.54, 1.807) is 6.07 Å². The van der Waals surface area contributed by atoms with Gasteiger partial charge in [-0.15, -0.1) is 0 Å². The molecule has 0 radical (unpaired) electrons. The molecular formula is C12H15FN4O3S. The van der Waals surface area contributed by atoms with Crippen LogP contribution in [0.3, 0.4) is 0 Å². The van der Waals surface area contributed by atoms with Crippen molar-refractivity contribution < 1.29 is 17.6 Å². The first-order valence-corrected chi connectivity index (χ1v) is 7.96. The molecule has 0 aliphatic heterocycles. The predicted molar refractivity (Wildman–Crippen MR) is 75.1 cm³/mol. The van der Waals surface area contributed by atoms with Crippen LogP contribution in [0.5, 0.6) is 0 Å². The van der Waals surface area contributed by atoms with Crippen LogP contribution in [0.4, 0.5) is 4.39 Å². The Morgan fingerprint density at radius 3 is 2.90 bits per heavy atom. The van der Waals surface area contributed by atoms with Crippen molar-refractivity contribution in [3.8, 4) is 0 Å². The molecule has 21 heavy (non-hydrogen) atoms. The molecule has 0 aliphatic carbocycles. The van der Waals surface area contributed by atoms with Crippen LogP contribution >= 0.6 is 0 Å². The normalized spacial score (nSPS) is 11.7. The van der Waals surface area contributed by atoms with Gasteiger partial charge < -0.3 is 10.3 Å². The number of primary sulfonamides is 1. The number of H-pyrrole nitrogens is 1. The Labute approximate surface area is 120 Å². The highest BCUT2D eigenvalue weighted by Gasteiger charge is 2.08. The highest BCUT2D eigenvalue weighted by Crippen LogP contribution is 2.12. The van der Waals surface area contributed by atoms with Gasteiger partial charge in [-0.25, -0.2) is 22.9 Å². The van der Waals surface area contributed by atoms with E-state index in [1.165, 1.54) is 12.1 Å². The maximum Gasteiger partial charge on any atom is 0.220 e. The zero-order valence-electron chi connectivity index (χ0n) is 11.1. The third-order valence-electron chi connectivity index (χ3n) is 2.78. The second-order valence-corrected chi connectivity index (χ2v) is 6.33. The number of fused-ring (bicyclic) bond motifs is 1. The van der Waals surface area contributed by atoms with Crippen molar-refractivity contribution >= 4 is 27.0 Å². The molecule has 9 heteroatoms. The number of rotatable bonds is 6. The lowest BCUT2D eigenvalue weighted by atomic mass is 10.3. The van der Waals surface area contributed by atoms with Crippen molar-refractivity contribution in [2.75, 3.05) is 5.75 Å². The maximum absolute atomic E-state index is 13.0. The fraction of sp³-hybridized carbons (Fsp3) is 0.333. The number of benzene rings is 1. The van der Waals surface area contributed by atoms with Gasteiger partial charge in [0.1, 0.15) is 11.6 Å². The number of imidazole rings is 1. The van der Waals surface area contributed by atoms with Gasteiger partial charge >= 0.3 is 0 Å². The summed E-state index contributed by atoms with van der Waals surface area (Å²) >= 11 is 0. The minimum Gasteiger partial charge on any atom is -0.349 e. The van der Waals surface area contributed by atoms with Crippen LogP contribution in [0.2, 0.25) is 0 Å². The molecule has 0 fully saturated rings. The zero-order valence-corrected chi connectivity index (χ0v) is 11.9. The number of hydrogen-bond acceptors (Lipinski definition) is 4. The fourth-order valence-corrected chi connectivity index (χ4v) is 2.37. The summed E-state index contributed by atoms with van der Waals surface area (Å²) in [4.78, 5) is 18.6. The smallest absolute Gasteiger partial charge is 0.220 e. The number of aromatic nitrogens is 2. The summed E-state index contributed by atoms with van der Waals surface area (Å²) in [5, 5.41) is 7.44. The van der Waals surface area contributed by atoms with Crippen LogP contribution in [0, 0.1) is 5.82 Å². The molecule has 0 aliphatic rings. The van der Waals surface area contributed by atoms with Crippen LogP contribution in [-0.4, -0.2) is 30.0 Å². The molecule has 4 N–H and O–H groups in total. The number of aromatic amines is 1. The van der Waals surface area contributed by atoms with Crippen molar-refractivity contribution in [3.05, 3.63) is 29.8 Å². The van der Waals surface area contributed by atoms with Gasteiger partial charge in [-0.1, -0.05) is 0 Å². The van der Waals surface area contributed by atoms with E-state index in [0.717, 1.165) is 0 Å². The quantitative estimate of drug-likeness (QED) is 0.714. The van der Waals surface area contributed by atoms with E-state index in [4.69, 9.17) is 5.14 Å². The number of nitrogens with zero attached hydrogens (tertiary/aromatic N) is 1. The van der Waals surface area contributed by atoms with Crippen molar-refractivity contribution in [3.63, 3.8) is 0 Å². The maximum atomic E-state index is 13.0. The van der Waals surface area contributed by atoms with Crippen molar-refractivity contribution in [2.24, 2.45) is 5.14 Å². The summed E-state index contributed by atoms with van der Waals surface area (Å²) in [5.74, 6) is -0.407. The molecule has 114 valence electrons. The molecule has 1 aromatic carbocycles. The summed E-state index contributed by atoms with van der Waals surface area (Å²) in [7, 11) is -3.54. The Balaban J connectivity index is 1.85. The molecule has 2 rings (SSSR count). The Bertz CT molecular complexity index is 757. The van der Waals surface area contributed by atoms with Crippen molar-refractivity contribution in [2.45, 2.75) is 19.4 Å². The molecule has 0 unspecified atom stereocenters. The number of nitrogens with one attached hydrogen (secondary N) is 2. The van der Waals surface area contributed by atoms with Crippen molar-refractivity contribution in [1.82, 2.24) is 15.3 Å². The number of halogens is 1. The van der Waals surface area contributed by atoms with E-state index in [0.29, 0.717) is 16.9 Å². The molecule has 0 saturated carbocycles. The Hall–Kier alpha value is -2.00. The first-order valence-electron chi connectivity index (χ1n) is 6.25. The SMILES string of the molecule is NS(=O)(=O)CCCC(=O)NCc1nc2ccc(F)cc2[nH]1. The minimum atomic E-state index is -3.54. The highest BCUT2D eigenvalue weighted by atomic mass is 32.2. The average molecular weight is 314 g/mol. The second-order valence-electron chi connectivity index (χ2n) is 4.59. The molecule has 7 nitrogen and oxygen atoms in total. The lowest BCUT2D eigenvalue weighted by Gasteiger charge is -2.02. The number of nitrogens with two attached hydrogens (primary N) is 1. The first kappa shape index (κ1) is 15.4. The molecular weight excluding hydrogens is 299 g/mol. The molecule has 1 heterocycles. The van der Waals surface area contributed by atoms with Crippen LogP contribution in [0.1, 0.15) is 18.7 Å². The van der Waals surface area contributed by atoms with Crippen LogP contribution in [0.25, 0.3) is 11.0 Å². The van der Waals surface area contributed by atoms with Gasteiger partial charge in [-0.2, -0.15) is 0 Å². The third kappa shape index (κ3) is 4.80. The van der Waals surface area contributed by atoms with Crippen LogP contribution in [-0.2, 0) is 21.4 Å². The molecule has 1 aromatic heterocycles. The number of hydrogen-bond donors (Lipinski definition) is 3. The van der Waals surface area contributed by atoms with Gasteiger partial charge in [-0.05, 0) is 24.6 Å².